The Bertz CT molecular complexity index is 473. The summed E-state index contributed by atoms with van der Waals surface area (Å²) in [5.41, 5.74) is -0.273. The predicted octanol–water partition coefficient (Wildman–Crippen LogP) is 2.04. The minimum Gasteiger partial charge on any atom is -0.478 e. The molecule has 0 spiro atoms. The molecule has 1 amide bonds. The summed E-state index contributed by atoms with van der Waals surface area (Å²) in [4.78, 5) is 24.1. The summed E-state index contributed by atoms with van der Waals surface area (Å²) >= 11 is 0. The van der Waals surface area contributed by atoms with Crippen LogP contribution < -0.4 is 4.90 Å². The van der Waals surface area contributed by atoms with Gasteiger partial charge in [0.15, 0.2) is 0 Å². The maximum atomic E-state index is 13.5. The lowest BCUT2D eigenvalue weighted by Gasteiger charge is -2.27. The van der Waals surface area contributed by atoms with Gasteiger partial charge in [-0.1, -0.05) is 6.07 Å². The van der Waals surface area contributed by atoms with Crippen molar-refractivity contribution in [2.75, 3.05) is 11.4 Å². The molecular weight excluding hydrogens is 225 g/mol. The van der Waals surface area contributed by atoms with Crippen molar-refractivity contribution in [3.63, 3.8) is 0 Å². The maximum Gasteiger partial charge on any atom is 0.340 e. The summed E-state index contributed by atoms with van der Waals surface area (Å²) < 4.78 is 13.5. The molecule has 0 unspecified atom stereocenters. The van der Waals surface area contributed by atoms with E-state index in [-0.39, 0.29) is 11.6 Å². The van der Waals surface area contributed by atoms with Crippen LogP contribution in [-0.2, 0) is 4.79 Å². The Kier molecular flexibility index (Phi) is 3.08. The second kappa shape index (κ2) is 4.53. The van der Waals surface area contributed by atoms with Crippen molar-refractivity contribution in [3.05, 3.63) is 29.6 Å². The molecule has 17 heavy (non-hydrogen) atoms. The first-order valence-electron chi connectivity index (χ1n) is 5.43. The van der Waals surface area contributed by atoms with Gasteiger partial charge in [0.25, 0.3) is 0 Å². The molecule has 1 aliphatic heterocycles. The molecule has 1 aromatic carbocycles. The molecule has 90 valence electrons. The third-order valence-electron chi connectivity index (χ3n) is 2.82. The van der Waals surface area contributed by atoms with Gasteiger partial charge in [-0.3, -0.25) is 4.79 Å². The largest absolute Gasteiger partial charge is 0.478 e. The monoisotopic (exact) mass is 237 g/mol. The van der Waals surface area contributed by atoms with Crippen LogP contribution in [0.1, 0.15) is 29.6 Å². The summed E-state index contributed by atoms with van der Waals surface area (Å²) in [5.74, 6) is -2.31. The van der Waals surface area contributed by atoms with Crippen molar-refractivity contribution in [1.29, 1.82) is 0 Å². The van der Waals surface area contributed by atoms with Crippen molar-refractivity contribution < 1.29 is 19.1 Å². The van der Waals surface area contributed by atoms with Crippen molar-refractivity contribution in [2.24, 2.45) is 0 Å². The van der Waals surface area contributed by atoms with E-state index in [0.717, 1.165) is 18.9 Å². The zero-order chi connectivity index (χ0) is 12.4. The molecule has 1 N–H and O–H groups in total. The minimum atomic E-state index is -1.35. The van der Waals surface area contributed by atoms with E-state index in [1.807, 2.05) is 0 Å². The number of aromatic carboxylic acids is 1. The first-order chi connectivity index (χ1) is 8.11. The molecule has 1 heterocycles. The van der Waals surface area contributed by atoms with Crippen LogP contribution in [0.5, 0.6) is 0 Å². The van der Waals surface area contributed by atoms with E-state index in [2.05, 4.69) is 0 Å². The van der Waals surface area contributed by atoms with Crippen LogP contribution in [0.2, 0.25) is 0 Å². The molecule has 1 fully saturated rings. The van der Waals surface area contributed by atoms with Gasteiger partial charge >= 0.3 is 5.97 Å². The number of carboxylic acid groups (broad SMARTS) is 1. The Balaban J connectivity index is 2.47. The van der Waals surface area contributed by atoms with E-state index in [1.54, 1.807) is 0 Å². The molecule has 4 nitrogen and oxygen atoms in total. The molecule has 1 saturated heterocycles. The Morgan fingerprint density at radius 3 is 2.76 bits per heavy atom. The van der Waals surface area contributed by atoms with E-state index in [9.17, 15) is 14.0 Å². The highest BCUT2D eigenvalue weighted by Crippen LogP contribution is 2.26. The summed E-state index contributed by atoms with van der Waals surface area (Å²) in [5, 5.41) is 8.99. The smallest absolute Gasteiger partial charge is 0.340 e. The zero-order valence-electron chi connectivity index (χ0n) is 9.15. The van der Waals surface area contributed by atoms with Crippen molar-refractivity contribution in [2.45, 2.75) is 19.3 Å². The molecular formula is C12H12FNO3. The normalized spacial score (nSPS) is 16.1. The standard InChI is InChI=1S/C12H12FNO3/c13-8-4-3-5-9(11(8)12(16)17)14-7-2-1-6-10(14)15/h3-5H,1-2,6-7H2,(H,16,17). The fraction of sp³-hybridized carbons (Fsp3) is 0.333. The Labute approximate surface area is 97.7 Å². The van der Waals surface area contributed by atoms with E-state index in [4.69, 9.17) is 5.11 Å². The molecule has 5 heteroatoms. The number of carbonyl (C=O) groups is 2. The molecule has 2 rings (SSSR count). The number of benzene rings is 1. The number of anilines is 1. The van der Waals surface area contributed by atoms with Crippen molar-refractivity contribution in [1.82, 2.24) is 0 Å². The van der Waals surface area contributed by atoms with Gasteiger partial charge in [0.2, 0.25) is 5.91 Å². The Hall–Kier alpha value is -1.91. The Morgan fingerprint density at radius 2 is 2.12 bits per heavy atom. The van der Waals surface area contributed by atoms with Crippen LogP contribution in [-0.4, -0.2) is 23.5 Å². The molecule has 0 aromatic heterocycles. The number of halogens is 1. The number of hydrogen-bond acceptors (Lipinski definition) is 2. The SMILES string of the molecule is O=C(O)c1c(F)cccc1N1CCCCC1=O. The van der Waals surface area contributed by atoms with Crippen LogP contribution >= 0.6 is 0 Å². The highest BCUT2D eigenvalue weighted by Gasteiger charge is 2.25. The van der Waals surface area contributed by atoms with Gasteiger partial charge in [0, 0.05) is 13.0 Å². The lowest BCUT2D eigenvalue weighted by Crippen LogP contribution is -2.36. The van der Waals surface area contributed by atoms with Crippen LogP contribution in [0.15, 0.2) is 18.2 Å². The average molecular weight is 237 g/mol. The van der Waals surface area contributed by atoms with Gasteiger partial charge in [-0.15, -0.1) is 0 Å². The van der Waals surface area contributed by atoms with Crippen molar-refractivity contribution >= 4 is 17.6 Å². The first kappa shape index (κ1) is 11.6. The molecule has 0 atom stereocenters. The summed E-state index contributed by atoms with van der Waals surface area (Å²) in [6.07, 6.45) is 1.99. The summed E-state index contributed by atoms with van der Waals surface area (Å²) in [6, 6.07) is 3.97. The molecule has 1 aromatic rings. The first-order valence-corrected chi connectivity index (χ1v) is 5.43. The van der Waals surface area contributed by atoms with Crippen LogP contribution in [0.4, 0.5) is 10.1 Å². The molecule has 0 saturated carbocycles. The molecule has 0 bridgehead atoms. The molecule has 1 aliphatic rings. The van der Waals surface area contributed by atoms with E-state index in [1.165, 1.54) is 17.0 Å². The number of hydrogen-bond donors (Lipinski definition) is 1. The fourth-order valence-electron chi connectivity index (χ4n) is 2.01. The molecule has 0 aliphatic carbocycles. The highest BCUT2D eigenvalue weighted by molar-refractivity contribution is 6.02. The van der Waals surface area contributed by atoms with Gasteiger partial charge in [-0.25, -0.2) is 9.18 Å². The molecule has 0 radical (unpaired) electrons. The van der Waals surface area contributed by atoms with Gasteiger partial charge < -0.3 is 10.0 Å². The van der Waals surface area contributed by atoms with Gasteiger partial charge in [0.05, 0.1) is 5.69 Å². The maximum absolute atomic E-state index is 13.5. The minimum absolute atomic E-state index is 0.149. The lowest BCUT2D eigenvalue weighted by atomic mass is 10.1. The van der Waals surface area contributed by atoms with E-state index < -0.39 is 17.3 Å². The number of carboxylic acids is 1. The number of nitrogens with zero attached hydrogens (tertiary/aromatic N) is 1. The predicted molar refractivity (Wildman–Crippen MR) is 59.6 cm³/mol. The van der Waals surface area contributed by atoms with Gasteiger partial charge in [0.1, 0.15) is 11.4 Å². The highest BCUT2D eigenvalue weighted by atomic mass is 19.1. The van der Waals surface area contributed by atoms with E-state index >= 15 is 0 Å². The van der Waals surface area contributed by atoms with Crippen LogP contribution in [0.25, 0.3) is 0 Å². The number of amides is 1. The Morgan fingerprint density at radius 1 is 1.35 bits per heavy atom. The summed E-state index contributed by atoms with van der Waals surface area (Å²) in [6.45, 7) is 0.447. The van der Waals surface area contributed by atoms with Crippen LogP contribution in [0.3, 0.4) is 0 Å². The van der Waals surface area contributed by atoms with Crippen LogP contribution in [0, 0.1) is 5.82 Å². The van der Waals surface area contributed by atoms with Gasteiger partial charge in [-0.2, -0.15) is 0 Å². The average Bonchev–Trinajstić information content (AvgIpc) is 2.28. The topological polar surface area (TPSA) is 57.6 Å². The zero-order valence-corrected chi connectivity index (χ0v) is 9.15. The third kappa shape index (κ3) is 2.13. The summed E-state index contributed by atoms with van der Waals surface area (Å²) in [7, 11) is 0. The lowest BCUT2D eigenvalue weighted by molar-refractivity contribution is -0.119. The number of piperidine rings is 1. The quantitative estimate of drug-likeness (QED) is 0.856. The van der Waals surface area contributed by atoms with E-state index in [0.29, 0.717) is 13.0 Å². The third-order valence-corrected chi connectivity index (χ3v) is 2.82. The second-order valence-electron chi connectivity index (χ2n) is 3.94. The fourth-order valence-corrected chi connectivity index (χ4v) is 2.01. The van der Waals surface area contributed by atoms with Gasteiger partial charge in [-0.05, 0) is 25.0 Å². The van der Waals surface area contributed by atoms with Crippen molar-refractivity contribution in [3.8, 4) is 0 Å². The number of rotatable bonds is 2. The second-order valence-corrected chi connectivity index (χ2v) is 3.94. The number of carbonyl (C=O) groups excluding carboxylic acids is 1.